The summed E-state index contributed by atoms with van der Waals surface area (Å²) in [6, 6.07) is 0. The average molecular weight is 562 g/mol. The molecule has 0 amide bonds. The number of rotatable bonds is 0. The van der Waals surface area contributed by atoms with Crippen LogP contribution in [0.4, 0.5) is 0 Å². The fourth-order valence-corrected chi connectivity index (χ4v) is 0. The summed E-state index contributed by atoms with van der Waals surface area (Å²) in [7, 11) is -23.2. The molecule has 0 aromatic rings. The van der Waals surface area contributed by atoms with Gasteiger partial charge in [0.05, 0.1) is 0 Å². The molecule has 0 atom stereocenters. The SMILES string of the molecule is O=P(O)(O)O.O=P(O)(O)O.O=P(O)(O)O.O=P(O)(O)O.O=P(O)(O)O.[NaH].[NaH].[NaH]. The summed E-state index contributed by atoms with van der Waals surface area (Å²) >= 11 is 0. The van der Waals surface area contributed by atoms with E-state index in [4.69, 9.17) is 96.2 Å². The van der Waals surface area contributed by atoms with Crippen molar-refractivity contribution in [1.29, 1.82) is 0 Å². The predicted molar refractivity (Wildman–Crippen MR) is 92.8 cm³/mol. The van der Waals surface area contributed by atoms with Crippen molar-refractivity contribution in [3.63, 3.8) is 0 Å². The zero-order chi connectivity index (χ0) is 22.5. The van der Waals surface area contributed by atoms with Crippen LogP contribution in [0, 0.1) is 0 Å². The van der Waals surface area contributed by atoms with Crippen LogP contribution in [0.1, 0.15) is 0 Å². The van der Waals surface area contributed by atoms with Crippen molar-refractivity contribution in [2.24, 2.45) is 0 Å². The summed E-state index contributed by atoms with van der Waals surface area (Å²) < 4.78 is 44.4. The predicted octanol–water partition coefficient (Wildman–Crippen LogP) is -6.59. The Morgan fingerprint density at radius 3 is 0.250 bits per heavy atom. The molecule has 15 N–H and O–H groups in total. The van der Waals surface area contributed by atoms with Crippen LogP contribution in [0.5, 0.6) is 0 Å². The van der Waals surface area contributed by atoms with Crippen LogP contribution < -0.4 is 0 Å². The summed E-state index contributed by atoms with van der Waals surface area (Å²) in [4.78, 5) is 108. The normalized spacial score (nSPS) is 10.5. The van der Waals surface area contributed by atoms with E-state index in [0.29, 0.717) is 0 Å². The van der Waals surface area contributed by atoms with E-state index in [1.54, 1.807) is 0 Å². The quantitative estimate of drug-likeness (QED) is 0.0963. The van der Waals surface area contributed by atoms with Gasteiger partial charge in [0.25, 0.3) is 0 Å². The van der Waals surface area contributed by atoms with Crippen molar-refractivity contribution in [1.82, 2.24) is 0 Å². The van der Waals surface area contributed by atoms with Crippen molar-refractivity contribution in [2.75, 3.05) is 0 Å². The molecule has 28 heteroatoms. The van der Waals surface area contributed by atoms with E-state index in [-0.39, 0.29) is 88.7 Å². The van der Waals surface area contributed by atoms with Gasteiger partial charge in [-0.15, -0.1) is 0 Å². The first-order valence-corrected chi connectivity index (χ1v) is 11.7. The first-order chi connectivity index (χ1) is 10.0. The van der Waals surface area contributed by atoms with Gasteiger partial charge in [-0.1, -0.05) is 0 Å². The van der Waals surface area contributed by atoms with Crippen LogP contribution in [0.2, 0.25) is 0 Å². The molecule has 166 valence electrons. The Balaban J connectivity index is -0.0000000290. The second kappa shape index (κ2) is 23.7. The summed E-state index contributed by atoms with van der Waals surface area (Å²) in [5, 5.41) is 0. The molecule has 0 fully saturated rings. The Labute approximate surface area is 221 Å². The average Bonchev–Trinajstić information content (AvgIpc) is 1.79. The number of hydrogen-bond acceptors (Lipinski definition) is 5. The molecule has 0 rings (SSSR count). The third-order valence-corrected chi connectivity index (χ3v) is 0. The van der Waals surface area contributed by atoms with Gasteiger partial charge in [-0.25, -0.2) is 22.8 Å². The van der Waals surface area contributed by atoms with E-state index in [1.165, 1.54) is 0 Å². The first kappa shape index (κ1) is 53.1. The Kier molecular flexibility index (Phi) is 44.9. The monoisotopic (exact) mass is 562 g/mol. The van der Waals surface area contributed by atoms with Crippen molar-refractivity contribution >= 4 is 128 Å². The van der Waals surface area contributed by atoms with Gasteiger partial charge in [-0.2, -0.15) is 0 Å². The molecule has 0 radical (unpaired) electrons. The van der Waals surface area contributed by atoms with Gasteiger partial charge >= 0.3 is 128 Å². The third kappa shape index (κ3) is 1910. The van der Waals surface area contributed by atoms with Gasteiger partial charge in [0, 0.05) is 0 Å². The molecule has 0 spiro atoms. The van der Waals surface area contributed by atoms with E-state index in [9.17, 15) is 0 Å². The maximum atomic E-state index is 8.88. The number of hydrogen-bond donors (Lipinski definition) is 15. The van der Waals surface area contributed by atoms with Gasteiger partial charge in [-0.05, 0) is 0 Å². The van der Waals surface area contributed by atoms with Gasteiger partial charge in [0.1, 0.15) is 0 Å². The fourth-order valence-electron chi connectivity index (χ4n) is 0. The minimum atomic E-state index is -4.64. The molecule has 0 aromatic heterocycles. The van der Waals surface area contributed by atoms with Crippen molar-refractivity contribution in [2.45, 2.75) is 0 Å². The van der Waals surface area contributed by atoms with Gasteiger partial charge in [-0.3, -0.25) is 0 Å². The van der Waals surface area contributed by atoms with Crippen molar-refractivity contribution in [3.05, 3.63) is 0 Å². The molecule has 0 unspecified atom stereocenters. The van der Waals surface area contributed by atoms with Crippen LogP contribution in [0.25, 0.3) is 0 Å². The molecular formula is H18Na3O20P5. The fraction of sp³-hybridized carbons (Fsp3) is 0. The van der Waals surface area contributed by atoms with E-state index >= 15 is 0 Å². The summed E-state index contributed by atoms with van der Waals surface area (Å²) in [5.41, 5.74) is 0. The van der Waals surface area contributed by atoms with Crippen molar-refractivity contribution in [3.8, 4) is 0 Å². The molecule has 0 heterocycles. The second-order valence-corrected chi connectivity index (χ2v) is 7.70. The molecular weight excluding hydrogens is 544 g/mol. The summed E-state index contributed by atoms with van der Waals surface area (Å²) in [5.74, 6) is 0. The van der Waals surface area contributed by atoms with Crippen molar-refractivity contribution < 1.29 is 96.2 Å². The Morgan fingerprint density at radius 2 is 0.250 bits per heavy atom. The molecule has 0 saturated heterocycles. The molecule has 0 aromatic carbocycles. The molecule has 28 heavy (non-hydrogen) atoms. The van der Waals surface area contributed by atoms with E-state index in [2.05, 4.69) is 0 Å². The summed E-state index contributed by atoms with van der Waals surface area (Å²) in [6.45, 7) is 0. The van der Waals surface area contributed by atoms with Gasteiger partial charge < -0.3 is 73.4 Å². The van der Waals surface area contributed by atoms with Gasteiger partial charge in [0.2, 0.25) is 0 Å². The zero-order valence-electron chi connectivity index (χ0n) is 11.0. The van der Waals surface area contributed by atoms with E-state index < -0.39 is 39.1 Å². The topological polar surface area (TPSA) is 389 Å². The van der Waals surface area contributed by atoms with Crippen LogP contribution in [-0.4, -0.2) is 162 Å². The molecule has 0 aliphatic heterocycles. The van der Waals surface area contributed by atoms with Crippen LogP contribution >= 0.6 is 39.1 Å². The molecule has 20 nitrogen and oxygen atoms in total. The van der Waals surface area contributed by atoms with Crippen LogP contribution in [0.15, 0.2) is 0 Å². The Morgan fingerprint density at radius 1 is 0.250 bits per heavy atom. The Bertz CT molecular complexity index is 379. The van der Waals surface area contributed by atoms with Crippen LogP contribution in [-0.2, 0) is 22.8 Å². The second-order valence-electron chi connectivity index (χ2n) is 2.57. The Hall–Kier alpha value is 3.55. The molecule has 0 bridgehead atoms. The molecule has 0 aliphatic carbocycles. The van der Waals surface area contributed by atoms with Crippen LogP contribution in [0.3, 0.4) is 0 Å². The van der Waals surface area contributed by atoms with E-state index in [0.717, 1.165) is 0 Å². The summed E-state index contributed by atoms with van der Waals surface area (Å²) in [6.07, 6.45) is 0. The minimum absolute atomic E-state index is 0. The maximum absolute atomic E-state index is 8.88. The first-order valence-electron chi connectivity index (χ1n) is 3.91. The van der Waals surface area contributed by atoms with E-state index in [1.807, 2.05) is 0 Å². The number of phosphoric acid groups is 5. The molecule has 0 aliphatic rings. The standard InChI is InChI=1S/3Na.5H3O4P.3H/c;;;5*1-5(2,3)4;;;/h;;;5*(H3,1,2,3,4);;;. The molecule has 0 saturated carbocycles. The zero-order valence-corrected chi connectivity index (χ0v) is 15.5. The third-order valence-electron chi connectivity index (χ3n) is 0. The van der Waals surface area contributed by atoms with Gasteiger partial charge in [0.15, 0.2) is 0 Å².